The predicted molar refractivity (Wildman–Crippen MR) is 76.5 cm³/mol. The second kappa shape index (κ2) is 8.10. The Kier molecular flexibility index (Phi) is 7.14. The topological polar surface area (TPSA) is 15.3 Å². The van der Waals surface area contributed by atoms with Gasteiger partial charge in [-0.15, -0.1) is 0 Å². The lowest BCUT2D eigenvalue weighted by Crippen LogP contribution is -2.33. The van der Waals surface area contributed by atoms with Crippen LogP contribution >= 0.6 is 0 Å². The number of hydrogen-bond donors (Lipinski definition) is 1. The quantitative estimate of drug-likeness (QED) is 0.622. The van der Waals surface area contributed by atoms with Crippen LogP contribution in [-0.4, -0.2) is 37.6 Å². The van der Waals surface area contributed by atoms with Crippen LogP contribution in [-0.2, 0) is 0 Å². The van der Waals surface area contributed by atoms with Crippen molar-refractivity contribution in [2.24, 2.45) is 5.41 Å². The zero-order chi connectivity index (χ0) is 12.6. The molecule has 1 aliphatic carbocycles. The van der Waals surface area contributed by atoms with Crippen LogP contribution in [0.15, 0.2) is 0 Å². The van der Waals surface area contributed by atoms with Crippen molar-refractivity contribution < 1.29 is 0 Å². The molecule has 0 unspecified atom stereocenters. The third-order valence-corrected chi connectivity index (χ3v) is 4.64. The molecule has 1 saturated carbocycles. The summed E-state index contributed by atoms with van der Waals surface area (Å²) < 4.78 is 0. The van der Waals surface area contributed by atoms with E-state index < -0.39 is 0 Å². The summed E-state index contributed by atoms with van der Waals surface area (Å²) in [6, 6.07) is 0. The fourth-order valence-corrected chi connectivity index (χ4v) is 3.10. The number of nitrogens with one attached hydrogen (secondary N) is 1. The molecule has 102 valence electrons. The zero-order valence-corrected chi connectivity index (χ0v) is 12.2. The molecule has 0 atom stereocenters. The van der Waals surface area contributed by atoms with Crippen molar-refractivity contribution in [2.45, 2.75) is 59.3 Å². The Balaban J connectivity index is 2.07. The molecule has 0 radical (unpaired) electrons. The first-order valence-corrected chi connectivity index (χ1v) is 7.69. The highest BCUT2D eigenvalue weighted by atomic mass is 15.1. The second-order valence-corrected chi connectivity index (χ2v) is 5.62. The normalized spacial score (nSPS) is 19.1. The van der Waals surface area contributed by atoms with Gasteiger partial charge in [0.05, 0.1) is 0 Å². The molecular formula is C15H32N2. The molecule has 17 heavy (non-hydrogen) atoms. The summed E-state index contributed by atoms with van der Waals surface area (Å²) in [5, 5.41) is 3.70. The maximum atomic E-state index is 3.70. The third kappa shape index (κ3) is 4.97. The van der Waals surface area contributed by atoms with Gasteiger partial charge in [-0.1, -0.05) is 33.6 Å². The minimum atomic E-state index is 0.648. The van der Waals surface area contributed by atoms with Crippen molar-refractivity contribution in [3.63, 3.8) is 0 Å². The lowest BCUT2D eigenvalue weighted by atomic mass is 9.83. The Morgan fingerprint density at radius 1 is 1.06 bits per heavy atom. The summed E-state index contributed by atoms with van der Waals surface area (Å²) in [6.45, 7) is 12.9. The lowest BCUT2D eigenvalue weighted by Gasteiger charge is -2.28. The number of hydrogen-bond acceptors (Lipinski definition) is 2. The maximum absolute atomic E-state index is 3.70. The Morgan fingerprint density at radius 2 is 1.71 bits per heavy atom. The number of rotatable bonds is 9. The molecule has 1 fully saturated rings. The highest BCUT2D eigenvalue weighted by Gasteiger charge is 2.31. The Bertz CT molecular complexity index is 181. The van der Waals surface area contributed by atoms with Crippen LogP contribution in [0.5, 0.6) is 0 Å². The average molecular weight is 240 g/mol. The van der Waals surface area contributed by atoms with E-state index in [0.717, 1.165) is 0 Å². The van der Waals surface area contributed by atoms with Crippen LogP contribution in [0.2, 0.25) is 0 Å². The van der Waals surface area contributed by atoms with E-state index in [1.54, 1.807) is 0 Å². The zero-order valence-electron chi connectivity index (χ0n) is 12.2. The number of nitrogens with zero attached hydrogens (tertiary/aromatic N) is 1. The van der Waals surface area contributed by atoms with E-state index in [-0.39, 0.29) is 0 Å². The van der Waals surface area contributed by atoms with E-state index in [9.17, 15) is 0 Å². The highest BCUT2D eigenvalue weighted by Crippen LogP contribution is 2.40. The van der Waals surface area contributed by atoms with Crippen LogP contribution in [0.4, 0.5) is 0 Å². The molecule has 2 heteroatoms. The second-order valence-electron chi connectivity index (χ2n) is 5.62. The molecule has 2 nitrogen and oxygen atoms in total. The van der Waals surface area contributed by atoms with Crippen LogP contribution in [0.3, 0.4) is 0 Å². The highest BCUT2D eigenvalue weighted by molar-refractivity contribution is 4.85. The van der Waals surface area contributed by atoms with E-state index in [0.29, 0.717) is 5.41 Å². The average Bonchev–Trinajstić information content (AvgIpc) is 2.83. The monoisotopic (exact) mass is 240 g/mol. The van der Waals surface area contributed by atoms with Crippen LogP contribution in [0, 0.1) is 5.41 Å². The van der Waals surface area contributed by atoms with Gasteiger partial charge in [0.15, 0.2) is 0 Å². The van der Waals surface area contributed by atoms with Gasteiger partial charge in [0, 0.05) is 6.54 Å². The molecule has 0 aliphatic heterocycles. The van der Waals surface area contributed by atoms with E-state index >= 15 is 0 Å². The summed E-state index contributed by atoms with van der Waals surface area (Å²) in [6.07, 6.45) is 8.46. The van der Waals surface area contributed by atoms with Crippen molar-refractivity contribution in [3.8, 4) is 0 Å². The summed E-state index contributed by atoms with van der Waals surface area (Å²) in [4.78, 5) is 2.51. The SMILES string of the molecule is CCN(CC)CCCNCC1(CC)CCCC1. The molecule has 0 aromatic heterocycles. The molecule has 0 amide bonds. The first-order chi connectivity index (χ1) is 8.26. The van der Waals surface area contributed by atoms with Crippen molar-refractivity contribution >= 4 is 0 Å². The maximum Gasteiger partial charge on any atom is 0.000771 e. The molecule has 0 bridgehead atoms. The molecule has 1 aliphatic rings. The Morgan fingerprint density at radius 3 is 2.24 bits per heavy atom. The van der Waals surface area contributed by atoms with Gasteiger partial charge in [0.25, 0.3) is 0 Å². The van der Waals surface area contributed by atoms with Gasteiger partial charge in [-0.3, -0.25) is 0 Å². The summed E-state index contributed by atoms with van der Waals surface area (Å²) >= 11 is 0. The van der Waals surface area contributed by atoms with Crippen molar-refractivity contribution in [3.05, 3.63) is 0 Å². The molecule has 0 heterocycles. The first-order valence-electron chi connectivity index (χ1n) is 7.69. The van der Waals surface area contributed by atoms with Crippen LogP contribution in [0.1, 0.15) is 59.3 Å². The summed E-state index contributed by atoms with van der Waals surface area (Å²) in [7, 11) is 0. The van der Waals surface area contributed by atoms with Crippen LogP contribution < -0.4 is 5.32 Å². The smallest absolute Gasteiger partial charge is 0.000771 e. The molecular weight excluding hydrogens is 208 g/mol. The minimum absolute atomic E-state index is 0.648. The van der Waals surface area contributed by atoms with Gasteiger partial charge in [-0.05, 0) is 57.3 Å². The minimum Gasteiger partial charge on any atom is -0.316 e. The van der Waals surface area contributed by atoms with Crippen LogP contribution in [0.25, 0.3) is 0 Å². The van der Waals surface area contributed by atoms with E-state index in [2.05, 4.69) is 31.0 Å². The Labute approximate surface area is 108 Å². The van der Waals surface area contributed by atoms with Gasteiger partial charge in [-0.25, -0.2) is 0 Å². The van der Waals surface area contributed by atoms with Gasteiger partial charge >= 0.3 is 0 Å². The van der Waals surface area contributed by atoms with Crippen molar-refractivity contribution in [2.75, 3.05) is 32.7 Å². The first kappa shape index (κ1) is 15.0. The van der Waals surface area contributed by atoms with Crippen molar-refractivity contribution in [1.82, 2.24) is 10.2 Å². The van der Waals surface area contributed by atoms with Gasteiger partial charge in [0.2, 0.25) is 0 Å². The molecule has 0 aromatic rings. The summed E-state index contributed by atoms with van der Waals surface area (Å²) in [5.41, 5.74) is 0.648. The van der Waals surface area contributed by atoms with E-state index in [1.165, 1.54) is 71.2 Å². The molecule has 1 rings (SSSR count). The fraction of sp³-hybridized carbons (Fsp3) is 1.00. The van der Waals surface area contributed by atoms with Gasteiger partial charge in [0.1, 0.15) is 0 Å². The molecule has 1 N–H and O–H groups in total. The fourth-order valence-electron chi connectivity index (χ4n) is 3.10. The predicted octanol–water partition coefficient (Wildman–Crippen LogP) is 3.28. The van der Waals surface area contributed by atoms with Gasteiger partial charge in [-0.2, -0.15) is 0 Å². The lowest BCUT2D eigenvalue weighted by molar-refractivity contribution is 0.260. The largest absolute Gasteiger partial charge is 0.316 e. The van der Waals surface area contributed by atoms with E-state index in [1.807, 2.05) is 0 Å². The van der Waals surface area contributed by atoms with Gasteiger partial charge < -0.3 is 10.2 Å². The Hall–Kier alpha value is -0.0800. The van der Waals surface area contributed by atoms with Crippen molar-refractivity contribution in [1.29, 1.82) is 0 Å². The molecule has 0 saturated heterocycles. The summed E-state index contributed by atoms with van der Waals surface area (Å²) in [5.74, 6) is 0. The molecule has 0 aromatic carbocycles. The standard InChI is InChI=1S/C15H32N2/c1-4-15(10-7-8-11-15)14-16-12-9-13-17(5-2)6-3/h16H,4-14H2,1-3H3. The molecule has 0 spiro atoms. The third-order valence-electron chi connectivity index (χ3n) is 4.64. The van der Waals surface area contributed by atoms with E-state index in [4.69, 9.17) is 0 Å².